The first kappa shape index (κ1) is 22.1. The lowest BCUT2D eigenvalue weighted by Crippen LogP contribution is -2.53. The first-order valence-corrected chi connectivity index (χ1v) is 10.7. The van der Waals surface area contributed by atoms with Crippen molar-refractivity contribution in [3.05, 3.63) is 29.6 Å². The van der Waals surface area contributed by atoms with Crippen molar-refractivity contribution in [3.8, 4) is 0 Å². The molecule has 2 amide bonds. The Kier molecular flexibility index (Phi) is 5.81. The topological polar surface area (TPSA) is 114 Å². The average Bonchev–Trinajstić information content (AvgIpc) is 3.01. The van der Waals surface area contributed by atoms with Gasteiger partial charge in [-0.2, -0.15) is 0 Å². The number of benzene rings is 1. The Morgan fingerprint density at radius 1 is 1.28 bits per heavy atom. The molecule has 2 aliphatic rings. The third-order valence-corrected chi connectivity index (χ3v) is 5.56. The van der Waals surface area contributed by atoms with Crippen molar-refractivity contribution in [1.82, 2.24) is 19.4 Å². The highest BCUT2D eigenvalue weighted by molar-refractivity contribution is 5.92. The van der Waals surface area contributed by atoms with E-state index in [1.165, 1.54) is 11.0 Å². The molecule has 1 aromatic heterocycles. The van der Waals surface area contributed by atoms with E-state index in [1.54, 1.807) is 37.8 Å². The fraction of sp³-hybridized carbons (Fsp3) is 0.545. The van der Waals surface area contributed by atoms with E-state index < -0.39 is 17.7 Å². The molecule has 0 saturated carbocycles. The van der Waals surface area contributed by atoms with Crippen LogP contribution in [0.3, 0.4) is 0 Å². The Morgan fingerprint density at radius 3 is 2.62 bits per heavy atom. The smallest absolute Gasteiger partial charge is 0.410 e. The molecule has 1 atom stereocenters. The zero-order valence-corrected chi connectivity index (χ0v) is 18.5. The first-order valence-electron chi connectivity index (χ1n) is 10.7. The minimum atomic E-state index is -1.01. The van der Waals surface area contributed by atoms with Crippen LogP contribution in [0.15, 0.2) is 18.2 Å². The van der Waals surface area contributed by atoms with Gasteiger partial charge in [-0.15, -0.1) is 0 Å². The number of nitrogens with zero attached hydrogens (tertiary/aromatic N) is 4. The van der Waals surface area contributed by atoms with E-state index in [4.69, 9.17) is 9.47 Å². The van der Waals surface area contributed by atoms with Crippen molar-refractivity contribution < 1.29 is 29.0 Å². The normalized spacial score (nSPS) is 19.2. The van der Waals surface area contributed by atoms with Crippen molar-refractivity contribution in [2.75, 3.05) is 26.2 Å². The lowest BCUT2D eigenvalue weighted by atomic mass is 10.1. The predicted molar refractivity (Wildman–Crippen MR) is 114 cm³/mol. The van der Waals surface area contributed by atoms with Crippen molar-refractivity contribution in [2.24, 2.45) is 0 Å². The van der Waals surface area contributed by atoms with Crippen LogP contribution >= 0.6 is 0 Å². The molecule has 3 heterocycles. The number of carboxylic acids is 1. The van der Waals surface area contributed by atoms with Gasteiger partial charge in [-0.1, -0.05) is 0 Å². The maximum absolute atomic E-state index is 12.8. The molecule has 10 heteroatoms. The zero-order valence-electron chi connectivity index (χ0n) is 18.5. The van der Waals surface area contributed by atoms with Crippen molar-refractivity contribution in [3.63, 3.8) is 0 Å². The highest BCUT2D eigenvalue weighted by atomic mass is 16.6. The van der Waals surface area contributed by atoms with E-state index >= 15 is 0 Å². The fourth-order valence-corrected chi connectivity index (χ4v) is 3.79. The molecular weight excluding hydrogens is 416 g/mol. The van der Waals surface area contributed by atoms with Gasteiger partial charge in [-0.25, -0.2) is 14.6 Å². The number of ether oxygens (including phenoxy) is 2. The molecule has 1 N–H and O–H groups in total. The summed E-state index contributed by atoms with van der Waals surface area (Å²) < 4.78 is 12.9. The molecule has 32 heavy (non-hydrogen) atoms. The summed E-state index contributed by atoms with van der Waals surface area (Å²) in [6.07, 6.45) is 0.464. The van der Waals surface area contributed by atoms with Gasteiger partial charge in [0.25, 0.3) is 0 Å². The van der Waals surface area contributed by atoms with Gasteiger partial charge in [-0.05, 0) is 45.4 Å². The molecule has 2 saturated heterocycles. The monoisotopic (exact) mass is 444 g/mol. The lowest BCUT2D eigenvalue weighted by molar-refractivity contribution is -0.136. The van der Waals surface area contributed by atoms with Crippen LogP contribution in [-0.2, 0) is 27.4 Å². The summed E-state index contributed by atoms with van der Waals surface area (Å²) >= 11 is 0. The molecule has 2 aliphatic heterocycles. The van der Waals surface area contributed by atoms with Gasteiger partial charge in [-0.3, -0.25) is 9.69 Å². The number of hydrogen-bond donors (Lipinski definition) is 1. The molecule has 0 spiro atoms. The van der Waals surface area contributed by atoms with Crippen LogP contribution in [0.1, 0.15) is 43.4 Å². The van der Waals surface area contributed by atoms with Gasteiger partial charge in [0.05, 0.1) is 35.8 Å². The molecule has 0 unspecified atom stereocenters. The van der Waals surface area contributed by atoms with E-state index in [9.17, 15) is 19.5 Å². The maximum Gasteiger partial charge on any atom is 0.410 e. The van der Waals surface area contributed by atoms with Crippen LogP contribution in [0.2, 0.25) is 0 Å². The summed E-state index contributed by atoms with van der Waals surface area (Å²) in [6, 6.07) is 4.81. The van der Waals surface area contributed by atoms with Crippen molar-refractivity contribution in [2.45, 2.75) is 52.0 Å². The number of piperazine rings is 1. The number of amides is 2. The van der Waals surface area contributed by atoms with Crippen LogP contribution in [0.4, 0.5) is 4.79 Å². The van der Waals surface area contributed by atoms with Gasteiger partial charge in [0.1, 0.15) is 18.0 Å². The molecule has 172 valence electrons. The Hall–Kier alpha value is -3.14. The predicted octanol–water partition coefficient (Wildman–Crippen LogP) is 2.10. The van der Waals surface area contributed by atoms with Gasteiger partial charge in [0, 0.05) is 19.7 Å². The second-order valence-corrected chi connectivity index (χ2v) is 9.15. The summed E-state index contributed by atoms with van der Waals surface area (Å²) in [6.45, 7) is 7.56. The highest BCUT2D eigenvalue weighted by Crippen LogP contribution is 2.24. The molecule has 0 bridgehead atoms. The molecule has 4 rings (SSSR count). The molecule has 0 aliphatic carbocycles. The largest absolute Gasteiger partial charge is 0.478 e. The van der Waals surface area contributed by atoms with Gasteiger partial charge < -0.3 is 24.0 Å². The summed E-state index contributed by atoms with van der Waals surface area (Å²) in [7, 11) is 0. The number of carbonyl (C=O) groups excluding carboxylic acids is 2. The van der Waals surface area contributed by atoms with Crippen LogP contribution in [-0.4, -0.2) is 80.4 Å². The molecular formula is C22H28N4O6. The lowest BCUT2D eigenvalue weighted by Gasteiger charge is -2.35. The average molecular weight is 444 g/mol. The molecule has 2 aromatic rings. The van der Waals surface area contributed by atoms with Crippen molar-refractivity contribution in [1.29, 1.82) is 0 Å². The maximum atomic E-state index is 12.8. The number of aromatic nitrogens is 2. The number of hydrogen-bond acceptors (Lipinski definition) is 6. The third-order valence-electron chi connectivity index (χ3n) is 5.56. The van der Waals surface area contributed by atoms with E-state index in [0.29, 0.717) is 43.1 Å². The minimum absolute atomic E-state index is 0.0411. The van der Waals surface area contributed by atoms with Crippen molar-refractivity contribution >= 4 is 29.0 Å². The van der Waals surface area contributed by atoms with E-state index in [0.717, 1.165) is 6.42 Å². The van der Waals surface area contributed by atoms with Crippen LogP contribution in [0.25, 0.3) is 11.0 Å². The molecule has 1 aromatic carbocycles. The Labute approximate surface area is 185 Å². The second-order valence-electron chi connectivity index (χ2n) is 9.15. The Bertz CT molecular complexity index is 1050. The van der Waals surface area contributed by atoms with Crippen LogP contribution in [0, 0.1) is 0 Å². The summed E-state index contributed by atoms with van der Waals surface area (Å²) in [5.41, 5.74) is 0.932. The molecule has 0 radical (unpaired) electrons. The number of aromatic carboxylic acids is 1. The number of imidazole rings is 1. The first-order chi connectivity index (χ1) is 15.1. The molecule has 2 fully saturated rings. The van der Waals surface area contributed by atoms with E-state index in [-0.39, 0.29) is 30.7 Å². The second kappa shape index (κ2) is 8.42. The van der Waals surface area contributed by atoms with Gasteiger partial charge >= 0.3 is 12.1 Å². The van der Waals surface area contributed by atoms with Gasteiger partial charge in [0.2, 0.25) is 5.91 Å². The zero-order chi connectivity index (χ0) is 23.0. The quantitative estimate of drug-likeness (QED) is 0.751. The van der Waals surface area contributed by atoms with Crippen LogP contribution in [0.5, 0.6) is 0 Å². The highest BCUT2D eigenvalue weighted by Gasteiger charge is 2.31. The van der Waals surface area contributed by atoms with Gasteiger partial charge in [0.15, 0.2) is 0 Å². The summed E-state index contributed by atoms with van der Waals surface area (Å²) in [5.74, 6) is -0.529. The summed E-state index contributed by atoms with van der Waals surface area (Å²) in [4.78, 5) is 44.3. The Balaban J connectivity index is 1.53. The number of carbonyl (C=O) groups is 3. The number of rotatable bonds is 5. The SMILES string of the molecule is CC(C)(C)OC(=O)N1CCN(Cc2nc3ccc(C(=O)O)cc3n2C[C@@H]2CCO2)C(=O)C1. The third kappa shape index (κ3) is 4.69. The fourth-order valence-electron chi connectivity index (χ4n) is 3.79. The standard InChI is InChI=1S/C22H28N4O6/c1-22(2,3)32-21(30)25-8-7-24(19(27)13-25)12-18-23-16-5-4-14(20(28)29)10-17(16)26(18)11-15-6-9-31-15/h4-5,10,15H,6-9,11-13H2,1-3H3,(H,28,29)/t15-/m0/s1. The Morgan fingerprint density at radius 2 is 2.03 bits per heavy atom. The van der Waals surface area contributed by atoms with Crippen LogP contribution < -0.4 is 0 Å². The van der Waals surface area contributed by atoms with E-state index in [2.05, 4.69) is 4.98 Å². The number of fused-ring (bicyclic) bond motifs is 1. The number of carboxylic acid groups (broad SMARTS) is 1. The summed E-state index contributed by atoms with van der Waals surface area (Å²) in [5, 5.41) is 9.37. The minimum Gasteiger partial charge on any atom is -0.478 e. The van der Waals surface area contributed by atoms with E-state index in [1.807, 2.05) is 4.57 Å². The molecule has 10 nitrogen and oxygen atoms in total.